The van der Waals surface area contributed by atoms with E-state index in [-0.39, 0.29) is 23.4 Å². The summed E-state index contributed by atoms with van der Waals surface area (Å²) in [5.41, 5.74) is 2.72. The normalized spacial score (nSPS) is 16.0. The van der Waals surface area contributed by atoms with Gasteiger partial charge < -0.3 is 23.9 Å². The SMILES string of the molecule is Cc1cc(-c2nc3cnc(Oc4ccccc4F)nc3o2)cc(C)c1OC(C)C(=O)N1CCC[C@H]1C(=O)O. The second kappa shape index (κ2) is 10.1. The summed E-state index contributed by atoms with van der Waals surface area (Å²) in [6.07, 6.45) is 1.66. The molecular formula is C27H25FN4O6. The van der Waals surface area contributed by atoms with Gasteiger partial charge in [0, 0.05) is 12.1 Å². The summed E-state index contributed by atoms with van der Waals surface area (Å²) in [6, 6.07) is 8.64. The number of aromatic nitrogens is 3. The van der Waals surface area contributed by atoms with Crippen molar-refractivity contribution in [2.24, 2.45) is 0 Å². The Balaban J connectivity index is 1.35. The molecule has 2 aromatic carbocycles. The van der Waals surface area contributed by atoms with Crippen LogP contribution in [0.3, 0.4) is 0 Å². The van der Waals surface area contributed by atoms with Gasteiger partial charge in [-0.25, -0.2) is 19.2 Å². The predicted octanol–water partition coefficient (Wildman–Crippen LogP) is 4.68. The summed E-state index contributed by atoms with van der Waals surface area (Å²) in [5, 5.41) is 9.40. The maximum Gasteiger partial charge on any atom is 0.326 e. The van der Waals surface area contributed by atoms with Crippen molar-refractivity contribution in [1.82, 2.24) is 19.9 Å². The monoisotopic (exact) mass is 520 g/mol. The highest BCUT2D eigenvalue weighted by Gasteiger charge is 2.36. The van der Waals surface area contributed by atoms with Crippen molar-refractivity contribution in [3.8, 4) is 29.0 Å². The number of oxazole rings is 1. The third kappa shape index (κ3) is 4.86. The molecule has 1 amide bonds. The quantitative estimate of drug-likeness (QED) is 0.369. The van der Waals surface area contributed by atoms with E-state index in [1.807, 2.05) is 26.0 Å². The molecule has 2 atom stereocenters. The summed E-state index contributed by atoms with van der Waals surface area (Å²) < 4.78 is 31.2. The molecule has 3 heterocycles. The van der Waals surface area contributed by atoms with Crippen LogP contribution in [-0.4, -0.2) is 55.5 Å². The van der Waals surface area contributed by atoms with Gasteiger partial charge in [-0.05, 0) is 69.0 Å². The minimum absolute atomic E-state index is 0.00986. The molecule has 10 nitrogen and oxygen atoms in total. The Morgan fingerprint density at radius 2 is 1.92 bits per heavy atom. The number of rotatable bonds is 7. The lowest BCUT2D eigenvalue weighted by Gasteiger charge is -2.26. The van der Waals surface area contributed by atoms with Crippen molar-refractivity contribution in [1.29, 1.82) is 0 Å². The topological polar surface area (TPSA) is 128 Å². The fourth-order valence-corrected chi connectivity index (χ4v) is 4.53. The van der Waals surface area contributed by atoms with Crippen LogP contribution in [0.15, 0.2) is 47.0 Å². The van der Waals surface area contributed by atoms with Crippen LogP contribution < -0.4 is 9.47 Å². The van der Waals surface area contributed by atoms with E-state index in [1.165, 1.54) is 23.2 Å². The van der Waals surface area contributed by atoms with E-state index in [2.05, 4.69) is 15.0 Å². The second-order valence-corrected chi connectivity index (χ2v) is 9.12. The fraction of sp³-hybridized carbons (Fsp3) is 0.296. The van der Waals surface area contributed by atoms with Gasteiger partial charge in [-0.2, -0.15) is 4.98 Å². The molecule has 1 N–H and O–H groups in total. The highest BCUT2D eigenvalue weighted by molar-refractivity contribution is 5.87. The van der Waals surface area contributed by atoms with Crippen molar-refractivity contribution >= 4 is 23.1 Å². The van der Waals surface area contributed by atoms with Crippen molar-refractivity contribution in [2.75, 3.05) is 6.54 Å². The predicted molar refractivity (Wildman–Crippen MR) is 133 cm³/mol. The van der Waals surface area contributed by atoms with Crippen LogP contribution in [0, 0.1) is 19.7 Å². The van der Waals surface area contributed by atoms with Crippen molar-refractivity contribution in [3.05, 3.63) is 59.5 Å². The van der Waals surface area contributed by atoms with Crippen LogP contribution in [0.5, 0.6) is 17.5 Å². The Hall–Kier alpha value is -4.54. The Kier molecular flexibility index (Phi) is 6.66. The zero-order valence-corrected chi connectivity index (χ0v) is 21.0. The van der Waals surface area contributed by atoms with Crippen LogP contribution in [0.1, 0.15) is 30.9 Å². The van der Waals surface area contributed by atoms with E-state index >= 15 is 0 Å². The van der Waals surface area contributed by atoms with E-state index in [4.69, 9.17) is 13.9 Å². The highest BCUT2D eigenvalue weighted by Crippen LogP contribution is 2.33. The van der Waals surface area contributed by atoms with Crippen LogP contribution in [-0.2, 0) is 9.59 Å². The summed E-state index contributed by atoms with van der Waals surface area (Å²) in [7, 11) is 0. The minimum atomic E-state index is -1.01. The zero-order chi connectivity index (χ0) is 27.0. The maximum atomic E-state index is 13.9. The number of carbonyl (C=O) groups is 2. The Labute approximate surface area is 217 Å². The lowest BCUT2D eigenvalue weighted by molar-refractivity contribution is -0.150. The summed E-state index contributed by atoms with van der Waals surface area (Å²) in [6.45, 7) is 5.68. The number of ether oxygens (including phenoxy) is 2. The average Bonchev–Trinajstić information content (AvgIpc) is 3.54. The molecule has 0 radical (unpaired) electrons. The van der Waals surface area contributed by atoms with Crippen molar-refractivity contribution in [3.63, 3.8) is 0 Å². The molecule has 11 heteroatoms. The van der Waals surface area contributed by atoms with Gasteiger partial charge in [0.25, 0.3) is 11.6 Å². The number of fused-ring (bicyclic) bond motifs is 1. The van der Waals surface area contributed by atoms with Crippen LogP contribution in [0.25, 0.3) is 22.7 Å². The number of likely N-dealkylation sites (tertiary alicyclic amines) is 1. The zero-order valence-electron chi connectivity index (χ0n) is 21.0. The van der Waals surface area contributed by atoms with Gasteiger partial charge in [-0.1, -0.05) is 12.1 Å². The molecule has 1 saturated heterocycles. The number of carboxylic acid groups (broad SMARTS) is 1. The van der Waals surface area contributed by atoms with Gasteiger partial charge >= 0.3 is 12.0 Å². The number of para-hydroxylation sites is 1. The summed E-state index contributed by atoms with van der Waals surface area (Å²) in [5.74, 6) is -1.10. The lowest BCUT2D eigenvalue weighted by atomic mass is 10.1. The maximum absolute atomic E-state index is 13.9. The molecule has 1 aliphatic heterocycles. The van der Waals surface area contributed by atoms with Gasteiger partial charge in [0.05, 0.1) is 6.20 Å². The number of hydrogen-bond acceptors (Lipinski definition) is 8. The van der Waals surface area contributed by atoms with Crippen LogP contribution in [0.4, 0.5) is 4.39 Å². The molecule has 196 valence electrons. The summed E-state index contributed by atoms with van der Waals surface area (Å²) in [4.78, 5) is 38.5. The summed E-state index contributed by atoms with van der Waals surface area (Å²) >= 11 is 0. The van der Waals surface area contributed by atoms with Gasteiger partial charge in [-0.3, -0.25) is 4.79 Å². The van der Waals surface area contributed by atoms with Crippen LogP contribution >= 0.6 is 0 Å². The number of nitrogens with zero attached hydrogens (tertiary/aromatic N) is 4. The molecule has 2 aromatic heterocycles. The third-order valence-corrected chi connectivity index (χ3v) is 6.34. The molecule has 1 unspecified atom stereocenters. The number of benzene rings is 2. The molecule has 5 rings (SSSR count). The second-order valence-electron chi connectivity index (χ2n) is 9.12. The molecule has 4 aromatic rings. The first-order valence-corrected chi connectivity index (χ1v) is 12.1. The number of halogens is 1. The number of carbonyl (C=O) groups excluding carboxylic acids is 1. The minimum Gasteiger partial charge on any atom is -0.480 e. The number of aryl methyl sites for hydroxylation is 2. The fourth-order valence-electron chi connectivity index (χ4n) is 4.53. The molecular weight excluding hydrogens is 495 g/mol. The number of amides is 1. The van der Waals surface area contributed by atoms with Gasteiger partial charge in [-0.15, -0.1) is 0 Å². The molecule has 0 spiro atoms. The number of hydrogen-bond donors (Lipinski definition) is 1. The van der Waals surface area contributed by atoms with Gasteiger partial charge in [0.15, 0.2) is 17.7 Å². The third-order valence-electron chi connectivity index (χ3n) is 6.34. The van der Waals surface area contributed by atoms with E-state index in [9.17, 15) is 19.1 Å². The molecule has 1 aliphatic rings. The van der Waals surface area contributed by atoms with E-state index in [1.54, 1.807) is 19.1 Å². The smallest absolute Gasteiger partial charge is 0.326 e. The van der Waals surface area contributed by atoms with E-state index in [0.29, 0.717) is 42.1 Å². The first-order valence-electron chi connectivity index (χ1n) is 12.1. The molecule has 1 fully saturated rings. The van der Waals surface area contributed by atoms with Crippen molar-refractivity contribution < 1.29 is 33.0 Å². The highest BCUT2D eigenvalue weighted by atomic mass is 19.1. The van der Waals surface area contributed by atoms with E-state index < -0.39 is 23.9 Å². The molecule has 0 aliphatic carbocycles. The molecule has 0 saturated carbocycles. The first kappa shape index (κ1) is 25.1. The average molecular weight is 521 g/mol. The number of carboxylic acids is 1. The van der Waals surface area contributed by atoms with Gasteiger partial charge in [0.2, 0.25) is 5.89 Å². The molecule has 38 heavy (non-hydrogen) atoms. The Bertz CT molecular complexity index is 1510. The lowest BCUT2D eigenvalue weighted by Crippen LogP contribution is -2.46. The Morgan fingerprint density at radius 3 is 2.63 bits per heavy atom. The van der Waals surface area contributed by atoms with E-state index in [0.717, 1.165) is 11.1 Å². The Morgan fingerprint density at radius 1 is 1.18 bits per heavy atom. The van der Waals surface area contributed by atoms with Crippen LogP contribution in [0.2, 0.25) is 0 Å². The van der Waals surface area contributed by atoms with Gasteiger partial charge in [0.1, 0.15) is 17.3 Å². The largest absolute Gasteiger partial charge is 0.480 e. The standard InChI is InChI=1S/C27H25FN4O6/c1-14-11-17(12-15(2)22(14)36-16(3)25(33)32-10-6-8-20(32)26(34)35)23-30-19-13-29-27(31-24(19)38-23)37-21-9-5-4-7-18(21)28/h4-5,7,9,11-13,16,20H,6,8,10H2,1-3H3,(H,34,35)/t16?,20-/m0/s1. The number of aliphatic carboxylic acids is 1. The molecule has 0 bridgehead atoms. The van der Waals surface area contributed by atoms with Crippen molar-refractivity contribution in [2.45, 2.75) is 45.8 Å². The first-order chi connectivity index (χ1) is 18.2.